The van der Waals surface area contributed by atoms with Gasteiger partial charge in [-0.15, -0.1) is 0 Å². The molecule has 2 N–H and O–H groups in total. The molecule has 4 nitrogen and oxygen atoms in total. The van der Waals surface area contributed by atoms with E-state index >= 15 is 0 Å². The summed E-state index contributed by atoms with van der Waals surface area (Å²) in [6.45, 7) is 0.507. The molecule has 2 aromatic heterocycles. The standard InChI is InChI=1S/C13H11N3O/c14-8-9-1-2-12-11(7-9)16-13(17-12)10-3-5-15-6-4-10/h1-7H,8,14H2. The highest BCUT2D eigenvalue weighted by Gasteiger charge is 2.07. The van der Waals surface area contributed by atoms with E-state index < -0.39 is 0 Å². The minimum absolute atomic E-state index is 0.507. The van der Waals surface area contributed by atoms with Crippen molar-refractivity contribution in [1.82, 2.24) is 9.97 Å². The van der Waals surface area contributed by atoms with Crippen LogP contribution in [0.5, 0.6) is 0 Å². The topological polar surface area (TPSA) is 64.9 Å². The zero-order valence-corrected chi connectivity index (χ0v) is 9.13. The first kappa shape index (κ1) is 9.99. The van der Waals surface area contributed by atoms with Crippen molar-refractivity contribution in [3.05, 3.63) is 48.3 Å². The predicted molar refractivity (Wildman–Crippen MR) is 65.1 cm³/mol. The van der Waals surface area contributed by atoms with Gasteiger partial charge in [-0.3, -0.25) is 4.98 Å². The highest BCUT2D eigenvalue weighted by atomic mass is 16.3. The van der Waals surface area contributed by atoms with E-state index in [4.69, 9.17) is 10.2 Å². The molecule has 0 spiro atoms. The second-order valence-corrected chi connectivity index (χ2v) is 3.76. The van der Waals surface area contributed by atoms with Crippen molar-refractivity contribution in [1.29, 1.82) is 0 Å². The normalized spacial score (nSPS) is 10.9. The third-order valence-electron chi connectivity index (χ3n) is 2.61. The first-order chi connectivity index (χ1) is 8.36. The molecule has 17 heavy (non-hydrogen) atoms. The average Bonchev–Trinajstić information content (AvgIpc) is 2.82. The van der Waals surface area contributed by atoms with E-state index in [1.807, 2.05) is 30.3 Å². The number of rotatable bonds is 2. The largest absolute Gasteiger partial charge is 0.436 e. The molecule has 0 aliphatic heterocycles. The molecule has 0 aliphatic rings. The molecule has 3 aromatic rings. The minimum Gasteiger partial charge on any atom is -0.436 e. The Hall–Kier alpha value is -2.20. The highest BCUT2D eigenvalue weighted by molar-refractivity contribution is 5.76. The lowest BCUT2D eigenvalue weighted by Gasteiger charge is -1.92. The van der Waals surface area contributed by atoms with Gasteiger partial charge in [0.25, 0.3) is 0 Å². The van der Waals surface area contributed by atoms with Crippen LogP contribution >= 0.6 is 0 Å². The van der Waals surface area contributed by atoms with Gasteiger partial charge in [-0.1, -0.05) is 6.07 Å². The molecule has 0 unspecified atom stereocenters. The summed E-state index contributed by atoms with van der Waals surface area (Å²) in [4.78, 5) is 8.41. The summed E-state index contributed by atoms with van der Waals surface area (Å²) in [5.74, 6) is 0.608. The van der Waals surface area contributed by atoms with E-state index in [0.29, 0.717) is 12.4 Å². The summed E-state index contributed by atoms with van der Waals surface area (Å²) in [6.07, 6.45) is 3.44. The maximum absolute atomic E-state index is 5.67. The van der Waals surface area contributed by atoms with Crippen molar-refractivity contribution in [3.63, 3.8) is 0 Å². The van der Waals surface area contributed by atoms with Gasteiger partial charge >= 0.3 is 0 Å². The second-order valence-electron chi connectivity index (χ2n) is 3.76. The lowest BCUT2D eigenvalue weighted by Crippen LogP contribution is -1.94. The first-order valence-corrected chi connectivity index (χ1v) is 5.37. The van der Waals surface area contributed by atoms with E-state index in [2.05, 4.69) is 9.97 Å². The van der Waals surface area contributed by atoms with Crippen LogP contribution in [-0.4, -0.2) is 9.97 Å². The van der Waals surface area contributed by atoms with Crippen molar-refractivity contribution in [2.75, 3.05) is 0 Å². The third kappa shape index (κ3) is 1.79. The summed E-state index contributed by atoms with van der Waals surface area (Å²) in [5, 5.41) is 0. The lowest BCUT2D eigenvalue weighted by atomic mass is 10.2. The zero-order valence-electron chi connectivity index (χ0n) is 9.13. The number of benzene rings is 1. The summed E-state index contributed by atoms with van der Waals surface area (Å²) in [6, 6.07) is 9.53. The van der Waals surface area contributed by atoms with Gasteiger partial charge in [-0.2, -0.15) is 0 Å². The van der Waals surface area contributed by atoms with Crippen molar-refractivity contribution in [3.8, 4) is 11.5 Å². The van der Waals surface area contributed by atoms with Crippen LogP contribution in [-0.2, 0) is 6.54 Å². The molecule has 3 rings (SSSR count). The Morgan fingerprint density at radius 1 is 1.12 bits per heavy atom. The van der Waals surface area contributed by atoms with E-state index in [1.165, 1.54) is 0 Å². The first-order valence-electron chi connectivity index (χ1n) is 5.37. The Morgan fingerprint density at radius 2 is 1.94 bits per heavy atom. The number of pyridine rings is 1. The Balaban J connectivity index is 2.14. The average molecular weight is 225 g/mol. The van der Waals surface area contributed by atoms with Crippen molar-refractivity contribution in [2.45, 2.75) is 6.54 Å². The monoisotopic (exact) mass is 225 g/mol. The van der Waals surface area contributed by atoms with E-state index in [0.717, 1.165) is 22.2 Å². The SMILES string of the molecule is NCc1ccc2oc(-c3ccncc3)nc2c1. The Labute approximate surface area is 98.1 Å². The van der Waals surface area contributed by atoms with Gasteiger partial charge in [0, 0.05) is 24.5 Å². The van der Waals surface area contributed by atoms with E-state index in [-0.39, 0.29) is 0 Å². The van der Waals surface area contributed by atoms with Crippen molar-refractivity contribution >= 4 is 11.1 Å². The van der Waals surface area contributed by atoms with Gasteiger partial charge < -0.3 is 10.2 Å². The smallest absolute Gasteiger partial charge is 0.227 e. The Bertz CT molecular complexity index is 646. The van der Waals surface area contributed by atoms with Gasteiger partial charge in [0.15, 0.2) is 5.58 Å². The predicted octanol–water partition coefficient (Wildman–Crippen LogP) is 2.35. The number of nitrogens with zero attached hydrogens (tertiary/aromatic N) is 2. The van der Waals surface area contributed by atoms with Crippen molar-refractivity contribution < 1.29 is 4.42 Å². The van der Waals surface area contributed by atoms with Crippen LogP contribution < -0.4 is 5.73 Å². The zero-order chi connectivity index (χ0) is 11.7. The van der Waals surface area contributed by atoms with Crippen LogP contribution in [0, 0.1) is 0 Å². The number of fused-ring (bicyclic) bond motifs is 1. The number of hydrogen-bond donors (Lipinski definition) is 1. The number of oxazole rings is 1. The van der Waals surface area contributed by atoms with Crippen LogP contribution in [0.1, 0.15) is 5.56 Å². The summed E-state index contributed by atoms with van der Waals surface area (Å²) >= 11 is 0. The van der Waals surface area contributed by atoms with Crippen LogP contribution in [0.4, 0.5) is 0 Å². The van der Waals surface area contributed by atoms with Gasteiger partial charge in [0.1, 0.15) is 5.52 Å². The van der Waals surface area contributed by atoms with Crippen molar-refractivity contribution in [2.24, 2.45) is 5.73 Å². The van der Waals surface area contributed by atoms with Gasteiger partial charge in [0.05, 0.1) is 0 Å². The Kier molecular flexibility index (Phi) is 2.34. The molecule has 1 aromatic carbocycles. The second kappa shape index (κ2) is 3.99. The Morgan fingerprint density at radius 3 is 2.71 bits per heavy atom. The fourth-order valence-corrected chi connectivity index (χ4v) is 1.72. The van der Waals surface area contributed by atoms with Gasteiger partial charge in [-0.25, -0.2) is 4.98 Å². The fourth-order valence-electron chi connectivity index (χ4n) is 1.72. The quantitative estimate of drug-likeness (QED) is 0.727. The maximum atomic E-state index is 5.67. The van der Waals surface area contributed by atoms with Gasteiger partial charge in [-0.05, 0) is 29.8 Å². The summed E-state index contributed by atoms with van der Waals surface area (Å²) in [7, 11) is 0. The molecule has 0 saturated carbocycles. The van der Waals surface area contributed by atoms with Gasteiger partial charge in [0.2, 0.25) is 5.89 Å². The summed E-state index contributed by atoms with van der Waals surface area (Å²) < 4.78 is 5.67. The molecule has 0 fully saturated rings. The molecule has 2 heterocycles. The number of hydrogen-bond acceptors (Lipinski definition) is 4. The molecular formula is C13H11N3O. The maximum Gasteiger partial charge on any atom is 0.227 e. The molecule has 0 aliphatic carbocycles. The van der Waals surface area contributed by atoms with Crippen LogP contribution in [0.3, 0.4) is 0 Å². The molecule has 0 atom stereocenters. The third-order valence-corrected chi connectivity index (χ3v) is 2.61. The minimum atomic E-state index is 0.507. The molecule has 0 saturated heterocycles. The van der Waals surface area contributed by atoms with Crippen LogP contribution in [0.2, 0.25) is 0 Å². The van der Waals surface area contributed by atoms with Crippen LogP contribution in [0.25, 0.3) is 22.6 Å². The molecule has 0 radical (unpaired) electrons. The summed E-state index contributed by atoms with van der Waals surface area (Å²) in [5.41, 5.74) is 9.17. The molecule has 84 valence electrons. The van der Waals surface area contributed by atoms with Crippen LogP contribution in [0.15, 0.2) is 47.1 Å². The molecule has 4 heteroatoms. The molecule has 0 bridgehead atoms. The lowest BCUT2D eigenvalue weighted by molar-refractivity contribution is 0.619. The highest BCUT2D eigenvalue weighted by Crippen LogP contribution is 2.24. The van der Waals surface area contributed by atoms with E-state index in [1.54, 1.807) is 12.4 Å². The number of aromatic nitrogens is 2. The number of nitrogens with two attached hydrogens (primary N) is 1. The molecular weight excluding hydrogens is 214 g/mol. The fraction of sp³-hybridized carbons (Fsp3) is 0.0769. The van der Waals surface area contributed by atoms with E-state index in [9.17, 15) is 0 Å². The molecule has 0 amide bonds.